The third kappa shape index (κ3) is 2.63. The summed E-state index contributed by atoms with van der Waals surface area (Å²) in [7, 11) is 0. The topological polar surface area (TPSA) is 47.6 Å². The second-order valence-corrected chi connectivity index (χ2v) is 3.06. The number of hydrogen-bond donors (Lipinski definition) is 0. The average Bonchev–Trinajstić information content (AvgIpc) is 2.81. The van der Waals surface area contributed by atoms with Gasteiger partial charge in [0.05, 0.1) is 0 Å². The van der Waals surface area contributed by atoms with E-state index in [-0.39, 0.29) is 13.4 Å². The monoisotopic (exact) mass is 207 g/mol. The average molecular weight is 207 g/mol. The van der Waals surface area contributed by atoms with Gasteiger partial charge in [0.2, 0.25) is 6.79 Å². The smallest absolute Gasteiger partial charge is 0.230 e. The van der Waals surface area contributed by atoms with E-state index in [2.05, 4.69) is 0 Å². The van der Waals surface area contributed by atoms with Crippen molar-refractivity contribution in [2.24, 2.45) is 0 Å². The van der Waals surface area contributed by atoms with Crippen molar-refractivity contribution >= 4 is 0 Å². The predicted molar refractivity (Wildman–Crippen MR) is 51.5 cm³/mol. The quantitative estimate of drug-likeness (QED) is 0.755. The molecule has 1 aliphatic heterocycles. The maximum absolute atomic E-state index is 11.5. The van der Waals surface area contributed by atoms with Crippen LogP contribution in [0.5, 0.6) is 5.75 Å². The molecule has 1 aliphatic rings. The molecule has 0 fully saturated rings. The van der Waals surface area contributed by atoms with Crippen LogP contribution in [0.1, 0.15) is 0 Å². The van der Waals surface area contributed by atoms with Crippen LogP contribution in [0.15, 0.2) is 42.4 Å². The first kappa shape index (κ1) is 9.86. The first-order chi connectivity index (χ1) is 7.36. The van der Waals surface area contributed by atoms with Gasteiger partial charge in [0.1, 0.15) is 18.6 Å². The highest BCUT2D eigenvalue weighted by molar-refractivity contribution is 5.21. The summed E-state index contributed by atoms with van der Waals surface area (Å²) in [6, 6.07) is 9.19. The molecule has 0 aromatic heterocycles. The molecule has 4 nitrogen and oxygen atoms in total. The Labute approximate surface area is 87.7 Å². The second-order valence-electron chi connectivity index (χ2n) is 3.06. The second kappa shape index (κ2) is 4.70. The third-order valence-electron chi connectivity index (χ3n) is 1.96. The molecule has 0 saturated heterocycles. The fourth-order valence-corrected chi connectivity index (χ4v) is 1.19. The molecule has 1 aromatic carbocycles. The van der Waals surface area contributed by atoms with Gasteiger partial charge >= 0.3 is 0 Å². The normalized spacial score (nSPS) is 16.2. The van der Waals surface area contributed by atoms with Crippen LogP contribution in [0.2, 0.25) is 0 Å². The fraction of sp³-hybridized carbons (Fsp3) is 0.273. The Bertz CT molecular complexity index is 334. The Hall–Kier alpha value is -1.68. The number of benzene rings is 1. The highest BCUT2D eigenvalue weighted by atomic mass is 16.7. The van der Waals surface area contributed by atoms with E-state index in [1.807, 2.05) is 18.2 Å². The molecule has 0 saturated carbocycles. The molecule has 1 aromatic rings. The first-order valence-electron chi connectivity index (χ1n) is 4.64. The van der Waals surface area contributed by atoms with Gasteiger partial charge in [-0.25, -0.2) is 5.11 Å². The zero-order chi connectivity index (χ0) is 10.5. The van der Waals surface area contributed by atoms with Crippen LogP contribution in [-0.2, 0) is 14.6 Å². The summed E-state index contributed by atoms with van der Waals surface area (Å²) in [6.45, 7) is 0.165. The van der Waals surface area contributed by atoms with Crippen LogP contribution in [-0.4, -0.2) is 19.5 Å². The lowest BCUT2D eigenvalue weighted by molar-refractivity contribution is 0.00697. The molecule has 0 N–H and O–H groups in total. The first-order valence-corrected chi connectivity index (χ1v) is 4.64. The van der Waals surface area contributed by atoms with Crippen molar-refractivity contribution in [3.8, 4) is 5.75 Å². The third-order valence-corrected chi connectivity index (χ3v) is 1.96. The van der Waals surface area contributed by atoms with Crippen molar-refractivity contribution in [1.82, 2.24) is 0 Å². The molecule has 15 heavy (non-hydrogen) atoms. The van der Waals surface area contributed by atoms with Gasteiger partial charge in [-0.05, 0) is 12.1 Å². The number of ether oxygens (including phenoxy) is 3. The molecule has 1 unspecified atom stereocenters. The van der Waals surface area contributed by atoms with Crippen molar-refractivity contribution < 1.29 is 19.3 Å². The van der Waals surface area contributed by atoms with E-state index in [9.17, 15) is 5.11 Å². The van der Waals surface area contributed by atoms with Crippen molar-refractivity contribution in [3.63, 3.8) is 0 Å². The van der Waals surface area contributed by atoms with E-state index in [0.717, 1.165) is 0 Å². The minimum atomic E-state index is -1.03. The lowest BCUT2D eigenvalue weighted by Gasteiger charge is -2.09. The van der Waals surface area contributed by atoms with E-state index >= 15 is 0 Å². The molecule has 0 bridgehead atoms. The van der Waals surface area contributed by atoms with Crippen LogP contribution in [0.4, 0.5) is 0 Å². The van der Waals surface area contributed by atoms with Crippen LogP contribution in [0.25, 0.3) is 0 Å². The van der Waals surface area contributed by atoms with Crippen molar-refractivity contribution in [1.29, 1.82) is 0 Å². The van der Waals surface area contributed by atoms with Gasteiger partial charge in [0.25, 0.3) is 0 Å². The predicted octanol–water partition coefficient (Wildman–Crippen LogP) is 1.71. The molecule has 1 radical (unpaired) electrons. The zero-order valence-corrected chi connectivity index (χ0v) is 8.09. The SMILES string of the molecule is [O]C(COc1ccccc1)C1=COCO1. The van der Waals surface area contributed by atoms with Crippen molar-refractivity contribution in [2.45, 2.75) is 6.10 Å². The Morgan fingerprint density at radius 3 is 2.80 bits per heavy atom. The Kier molecular flexibility index (Phi) is 3.09. The fourth-order valence-electron chi connectivity index (χ4n) is 1.19. The van der Waals surface area contributed by atoms with Gasteiger partial charge in [-0.1, -0.05) is 18.2 Å². The molecule has 1 atom stereocenters. The van der Waals surface area contributed by atoms with Crippen LogP contribution < -0.4 is 4.74 Å². The summed E-state index contributed by atoms with van der Waals surface area (Å²) in [6.07, 6.45) is 0.305. The summed E-state index contributed by atoms with van der Waals surface area (Å²) in [5.74, 6) is 0.976. The standard InChI is InChI=1S/C11H11O4/c12-10(11-7-13-8-15-11)6-14-9-4-2-1-3-5-9/h1-5,7,10H,6,8H2. The maximum atomic E-state index is 11.5. The molecular formula is C11H11O4. The van der Waals surface area contributed by atoms with Gasteiger partial charge < -0.3 is 14.2 Å². The zero-order valence-electron chi connectivity index (χ0n) is 8.09. The Morgan fingerprint density at radius 1 is 1.33 bits per heavy atom. The molecule has 0 amide bonds. The largest absolute Gasteiger partial charge is 0.490 e. The molecule has 0 spiro atoms. The molecule has 0 aliphatic carbocycles. The number of para-hydroxylation sites is 1. The van der Waals surface area contributed by atoms with Gasteiger partial charge in [0.15, 0.2) is 11.9 Å². The molecule has 4 heteroatoms. The van der Waals surface area contributed by atoms with Gasteiger partial charge in [-0.2, -0.15) is 0 Å². The summed E-state index contributed by atoms with van der Waals surface area (Å²) in [5, 5.41) is 11.5. The maximum Gasteiger partial charge on any atom is 0.230 e. The van der Waals surface area contributed by atoms with Crippen LogP contribution in [0.3, 0.4) is 0 Å². The van der Waals surface area contributed by atoms with Crippen LogP contribution >= 0.6 is 0 Å². The molecule has 79 valence electrons. The minimum Gasteiger partial charge on any atom is -0.490 e. The van der Waals surface area contributed by atoms with E-state index in [1.165, 1.54) is 6.26 Å². The van der Waals surface area contributed by atoms with Gasteiger partial charge in [-0.15, -0.1) is 0 Å². The summed E-state index contributed by atoms with van der Waals surface area (Å²) in [4.78, 5) is 0. The Balaban J connectivity index is 1.83. The van der Waals surface area contributed by atoms with Crippen molar-refractivity contribution in [3.05, 3.63) is 42.4 Å². The highest BCUT2D eigenvalue weighted by Crippen LogP contribution is 2.14. The van der Waals surface area contributed by atoms with Crippen molar-refractivity contribution in [2.75, 3.05) is 13.4 Å². The Morgan fingerprint density at radius 2 is 2.13 bits per heavy atom. The minimum absolute atomic E-state index is 0.0409. The van der Waals surface area contributed by atoms with E-state index in [1.54, 1.807) is 12.1 Å². The molecule has 1 heterocycles. The van der Waals surface area contributed by atoms with E-state index in [4.69, 9.17) is 14.2 Å². The highest BCUT2D eigenvalue weighted by Gasteiger charge is 2.19. The molecule has 2 rings (SSSR count). The summed E-state index contributed by atoms with van der Waals surface area (Å²) >= 11 is 0. The van der Waals surface area contributed by atoms with Crippen LogP contribution in [0, 0.1) is 0 Å². The lowest BCUT2D eigenvalue weighted by Crippen LogP contribution is -2.18. The summed E-state index contributed by atoms with van der Waals surface area (Å²) < 4.78 is 15.0. The molecular weight excluding hydrogens is 196 g/mol. The number of hydrogen-bond acceptors (Lipinski definition) is 3. The van der Waals surface area contributed by atoms with E-state index in [0.29, 0.717) is 11.5 Å². The van der Waals surface area contributed by atoms with E-state index < -0.39 is 6.10 Å². The van der Waals surface area contributed by atoms with Gasteiger partial charge in [-0.3, -0.25) is 0 Å². The lowest BCUT2D eigenvalue weighted by atomic mass is 10.3. The van der Waals surface area contributed by atoms with Gasteiger partial charge in [0, 0.05) is 0 Å². The summed E-state index contributed by atoms with van der Waals surface area (Å²) in [5.41, 5.74) is 0. The number of rotatable bonds is 4.